The van der Waals surface area contributed by atoms with Gasteiger partial charge in [0.05, 0.1) is 18.7 Å². The van der Waals surface area contributed by atoms with Crippen molar-refractivity contribution in [2.24, 2.45) is 0 Å². The molecule has 1 aliphatic rings. The molecule has 1 atom stereocenters. The molecule has 0 saturated carbocycles. The van der Waals surface area contributed by atoms with Crippen LogP contribution < -0.4 is 5.32 Å². The molecule has 2 aromatic carbocycles. The van der Waals surface area contributed by atoms with Crippen LogP contribution in [0.4, 0.5) is 0 Å². The fourth-order valence-corrected chi connectivity index (χ4v) is 4.56. The Morgan fingerprint density at radius 2 is 1.86 bits per heavy atom. The minimum absolute atomic E-state index is 0.0848. The van der Waals surface area contributed by atoms with Crippen LogP contribution in [0.15, 0.2) is 85.3 Å². The smallest absolute Gasteiger partial charge is 0.337 e. The first-order valence-corrected chi connectivity index (χ1v) is 11.8. The Bertz CT molecular complexity index is 1350. The van der Waals surface area contributed by atoms with Crippen LogP contribution in [0.2, 0.25) is 0 Å². The summed E-state index contributed by atoms with van der Waals surface area (Å²) in [6.07, 6.45) is 5.49. The zero-order valence-corrected chi connectivity index (χ0v) is 20.0. The number of ether oxygens (including phenoxy) is 1. The van der Waals surface area contributed by atoms with Crippen molar-refractivity contribution in [2.75, 3.05) is 13.7 Å². The van der Waals surface area contributed by atoms with Crippen molar-refractivity contribution < 1.29 is 14.3 Å². The van der Waals surface area contributed by atoms with Gasteiger partial charge in [0, 0.05) is 44.8 Å². The number of hydrogen-bond donors (Lipinski definition) is 1. The zero-order chi connectivity index (χ0) is 24.9. The van der Waals surface area contributed by atoms with Gasteiger partial charge in [0.1, 0.15) is 11.5 Å². The molecule has 0 saturated heterocycles. The molecule has 182 valence electrons. The summed E-state index contributed by atoms with van der Waals surface area (Å²) in [4.78, 5) is 36.2. The monoisotopic (exact) mass is 481 g/mol. The molecule has 0 aliphatic carbocycles. The molecular weight excluding hydrogens is 454 g/mol. The van der Waals surface area contributed by atoms with Crippen LogP contribution in [0.5, 0.6) is 0 Å². The van der Waals surface area contributed by atoms with E-state index >= 15 is 0 Å². The Hall–Kier alpha value is -4.30. The van der Waals surface area contributed by atoms with Crippen LogP contribution in [0, 0.1) is 0 Å². The first-order chi connectivity index (χ1) is 17.6. The molecule has 4 aromatic rings. The number of imidazole rings is 1. The molecular formula is C28H27N5O3. The molecule has 0 radical (unpaired) electrons. The third-order valence-corrected chi connectivity index (χ3v) is 6.30. The Kier molecular flexibility index (Phi) is 6.86. The first-order valence-electron chi connectivity index (χ1n) is 11.8. The molecule has 5 rings (SSSR count). The van der Waals surface area contributed by atoms with Gasteiger partial charge in [-0.2, -0.15) is 0 Å². The molecule has 3 heterocycles. The van der Waals surface area contributed by atoms with E-state index in [-0.39, 0.29) is 18.5 Å². The zero-order valence-electron chi connectivity index (χ0n) is 20.0. The highest BCUT2D eigenvalue weighted by molar-refractivity contribution is 5.92. The van der Waals surface area contributed by atoms with E-state index in [1.165, 1.54) is 7.11 Å². The van der Waals surface area contributed by atoms with Crippen LogP contribution in [-0.2, 0) is 24.4 Å². The molecule has 1 aliphatic heterocycles. The maximum absolute atomic E-state index is 13.0. The maximum atomic E-state index is 13.0. The van der Waals surface area contributed by atoms with E-state index in [0.29, 0.717) is 11.3 Å². The predicted molar refractivity (Wildman–Crippen MR) is 134 cm³/mol. The van der Waals surface area contributed by atoms with E-state index in [9.17, 15) is 9.59 Å². The van der Waals surface area contributed by atoms with Gasteiger partial charge in [-0.15, -0.1) is 0 Å². The molecule has 0 fully saturated rings. The average Bonchev–Trinajstić information content (AvgIpc) is 3.37. The molecule has 1 N–H and O–H groups in total. The first kappa shape index (κ1) is 23.4. The number of carbonyl (C=O) groups excluding carboxylic acids is 2. The number of rotatable bonds is 7. The van der Waals surface area contributed by atoms with Gasteiger partial charge in [0.15, 0.2) is 0 Å². The number of pyridine rings is 1. The van der Waals surface area contributed by atoms with Gasteiger partial charge < -0.3 is 14.6 Å². The van der Waals surface area contributed by atoms with Gasteiger partial charge >= 0.3 is 5.97 Å². The number of benzene rings is 2. The number of esters is 1. The van der Waals surface area contributed by atoms with E-state index in [4.69, 9.17) is 9.72 Å². The average molecular weight is 482 g/mol. The lowest BCUT2D eigenvalue weighted by atomic mass is 10.0. The molecule has 0 bridgehead atoms. The van der Waals surface area contributed by atoms with Crippen molar-refractivity contribution in [3.05, 3.63) is 119 Å². The lowest BCUT2D eigenvalue weighted by Crippen LogP contribution is -2.38. The highest BCUT2D eigenvalue weighted by atomic mass is 16.5. The maximum Gasteiger partial charge on any atom is 0.337 e. The van der Waals surface area contributed by atoms with Crippen molar-refractivity contribution in [2.45, 2.75) is 25.7 Å². The summed E-state index contributed by atoms with van der Waals surface area (Å²) in [5.41, 5.74) is 3.88. The van der Waals surface area contributed by atoms with Gasteiger partial charge in [-0.05, 0) is 34.9 Å². The quantitative estimate of drug-likeness (QED) is 0.406. The number of nitrogens with one attached hydrogen (secondary N) is 1. The molecule has 36 heavy (non-hydrogen) atoms. The Morgan fingerprint density at radius 1 is 1.03 bits per heavy atom. The second kappa shape index (κ2) is 10.5. The predicted octanol–water partition coefficient (Wildman–Crippen LogP) is 3.60. The summed E-state index contributed by atoms with van der Waals surface area (Å²) in [5, 5.41) is 2.93. The lowest BCUT2D eigenvalue weighted by molar-refractivity contribution is 0.0600. The Morgan fingerprint density at radius 3 is 2.64 bits per heavy atom. The van der Waals surface area contributed by atoms with E-state index < -0.39 is 5.97 Å². The second-order valence-electron chi connectivity index (χ2n) is 8.70. The van der Waals surface area contributed by atoms with Crippen molar-refractivity contribution in [1.82, 2.24) is 24.8 Å². The minimum atomic E-state index is -0.409. The highest BCUT2D eigenvalue weighted by Gasteiger charge is 2.32. The van der Waals surface area contributed by atoms with Crippen LogP contribution >= 0.6 is 0 Å². The summed E-state index contributed by atoms with van der Waals surface area (Å²) in [7, 11) is 1.35. The summed E-state index contributed by atoms with van der Waals surface area (Å²) in [6.45, 7) is 2.57. The Balaban J connectivity index is 1.37. The molecule has 1 unspecified atom stereocenters. The van der Waals surface area contributed by atoms with E-state index in [1.54, 1.807) is 24.4 Å². The van der Waals surface area contributed by atoms with E-state index in [2.05, 4.69) is 38.0 Å². The summed E-state index contributed by atoms with van der Waals surface area (Å²) in [5.74, 6) is 0.174. The van der Waals surface area contributed by atoms with E-state index in [0.717, 1.165) is 42.1 Å². The topological polar surface area (TPSA) is 89.3 Å². The number of amides is 1. The van der Waals surface area contributed by atoms with Gasteiger partial charge in [-0.3, -0.25) is 14.7 Å². The lowest BCUT2D eigenvalue weighted by Gasteiger charge is -2.36. The molecule has 2 aromatic heterocycles. The standard InChI is InChI=1S/C28H27N5O3/c1-36-28(35)23-11-5-7-20(15-23)17-30-27(34)24-19-33-14-13-32(18-21-8-6-12-29-16-21)25(26(33)31-24)22-9-3-2-4-10-22/h2-12,15-16,19,25H,13-14,17-18H2,1H3,(H,30,34). The highest BCUT2D eigenvalue weighted by Crippen LogP contribution is 2.32. The van der Waals surface area contributed by atoms with Crippen molar-refractivity contribution in [3.63, 3.8) is 0 Å². The van der Waals surface area contributed by atoms with Crippen LogP contribution in [0.3, 0.4) is 0 Å². The van der Waals surface area contributed by atoms with Crippen LogP contribution in [-0.4, -0.2) is 45.0 Å². The van der Waals surface area contributed by atoms with Crippen molar-refractivity contribution in [1.29, 1.82) is 0 Å². The minimum Gasteiger partial charge on any atom is -0.465 e. The molecule has 8 heteroatoms. The summed E-state index contributed by atoms with van der Waals surface area (Å²) < 4.78 is 6.85. The number of fused-ring (bicyclic) bond motifs is 1. The van der Waals surface area contributed by atoms with E-state index in [1.807, 2.05) is 42.7 Å². The van der Waals surface area contributed by atoms with Gasteiger partial charge in [0.2, 0.25) is 0 Å². The second-order valence-corrected chi connectivity index (χ2v) is 8.70. The van der Waals surface area contributed by atoms with Gasteiger partial charge in [-0.1, -0.05) is 48.5 Å². The summed E-state index contributed by atoms with van der Waals surface area (Å²) >= 11 is 0. The van der Waals surface area contributed by atoms with Crippen LogP contribution in [0.1, 0.15) is 49.4 Å². The number of methoxy groups -OCH3 is 1. The van der Waals surface area contributed by atoms with Crippen molar-refractivity contribution in [3.8, 4) is 0 Å². The number of aromatic nitrogens is 3. The molecule has 0 spiro atoms. The fraction of sp³-hybridized carbons (Fsp3) is 0.214. The SMILES string of the molecule is COC(=O)c1cccc(CNC(=O)c2cn3c(n2)C(c2ccccc2)N(Cc2cccnc2)CC3)c1. The van der Waals surface area contributed by atoms with Gasteiger partial charge in [-0.25, -0.2) is 9.78 Å². The Labute approximate surface area is 209 Å². The third kappa shape index (κ3) is 5.04. The molecule has 1 amide bonds. The normalized spacial score (nSPS) is 15.2. The number of carbonyl (C=O) groups is 2. The van der Waals surface area contributed by atoms with Crippen molar-refractivity contribution >= 4 is 11.9 Å². The van der Waals surface area contributed by atoms with Gasteiger partial charge in [0.25, 0.3) is 5.91 Å². The number of nitrogens with zero attached hydrogens (tertiary/aromatic N) is 4. The fourth-order valence-electron chi connectivity index (χ4n) is 4.56. The molecule has 8 nitrogen and oxygen atoms in total. The van der Waals surface area contributed by atoms with Crippen LogP contribution in [0.25, 0.3) is 0 Å². The third-order valence-electron chi connectivity index (χ3n) is 6.30. The number of hydrogen-bond acceptors (Lipinski definition) is 6. The largest absolute Gasteiger partial charge is 0.465 e. The summed E-state index contributed by atoms with van der Waals surface area (Å²) in [6, 6.07) is 21.2.